The van der Waals surface area contributed by atoms with E-state index >= 15 is 0 Å². The minimum atomic E-state index is -0.0695. The first-order valence-electron chi connectivity index (χ1n) is 8.80. The fourth-order valence-electron chi connectivity index (χ4n) is 3.50. The Morgan fingerprint density at radius 2 is 2.04 bits per heavy atom. The topological polar surface area (TPSA) is 54.9 Å². The third kappa shape index (κ3) is 3.63. The summed E-state index contributed by atoms with van der Waals surface area (Å²) in [4.78, 5) is 23.0. The number of hydrogen-bond acceptors (Lipinski definition) is 6. The molecule has 0 bridgehead atoms. The number of carbonyl (C=O) groups is 1. The van der Waals surface area contributed by atoms with Crippen LogP contribution in [0.4, 0.5) is 0 Å². The molecule has 1 N–H and O–H groups in total. The Labute approximate surface area is 161 Å². The van der Waals surface area contributed by atoms with Crippen molar-refractivity contribution in [2.45, 2.75) is 38.6 Å². The van der Waals surface area contributed by atoms with Gasteiger partial charge in [-0.3, -0.25) is 4.79 Å². The van der Waals surface area contributed by atoms with Gasteiger partial charge < -0.3 is 5.32 Å². The van der Waals surface area contributed by atoms with Gasteiger partial charge in [0.05, 0.1) is 33.7 Å². The van der Waals surface area contributed by atoms with Crippen LogP contribution in [0.2, 0.25) is 0 Å². The van der Waals surface area contributed by atoms with E-state index in [2.05, 4.69) is 39.6 Å². The van der Waals surface area contributed by atoms with E-state index in [-0.39, 0.29) is 11.8 Å². The molecule has 0 saturated carbocycles. The summed E-state index contributed by atoms with van der Waals surface area (Å²) in [6, 6.07) is 10.4. The van der Waals surface area contributed by atoms with Gasteiger partial charge in [0.25, 0.3) is 0 Å². The van der Waals surface area contributed by atoms with Gasteiger partial charge in [0.2, 0.25) is 0 Å². The van der Waals surface area contributed by atoms with Gasteiger partial charge >= 0.3 is 0 Å². The lowest BCUT2D eigenvalue weighted by molar-refractivity contribution is -0.120. The monoisotopic (exact) mass is 383 g/mol. The average Bonchev–Trinajstić information content (AvgIpc) is 3.35. The second-order valence-corrected chi connectivity index (χ2v) is 8.87. The number of thiazole rings is 2. The second kappa shape index (κ2) is 7.39. The van der Waals surface area contributed by atoms with Crippen LogP contribution in [0.3, 0.4) is 0 Å². The lowest BCUT2D eigenvalue weighted by Gasteiger charge is -2.09. The summed E-state index contributed by atoms with van der Waals surface area (Å²) >= 11 is 3.22. The van der Waals surface area contributed by atoms with Crippen molar-refractivity contribution in [1.29, 1.82) is 0 Å². The summed E-state index contributed by atoms with van der Waals surface area (Å²) in [6.45, 7) is 4.88. The van der Waals surface area contributed by atoms with Crippen LogP contribution in [-0.4, -0.2) is 28.3 Å². The van der Waals surface area contributed by atoms with E-state index in [1.807, 2.05) is 25.3 Å². The van der Waals surface area contributed by atoms with E-state index in [1.54, 1.807) is 22.7 Å². The zero-order chi connectivity index (χ0) is 18.1. The Morgan fingerprint density at radius 3 is 2.77 bits per heavy atom. The van der Waals surface area contributed by atoms with Crippen LogP contribution in [0, 0.1) is 13.8 Å². The first-order chi connectivity index (χ1) is 12.6. The molecule has 3 aromatic rings. The molecule has 3 heterocycles. The summed E-state index contributed by atoms with van der Waals surface area (Å²) in [6.07, 6.45) is 1.27. The van der Waals surface area contributed by atoms with Crippen molar-refractivity contribution < 1.29 is 4.79 Å². The van der Waals surface area contributed by atoms with Gasteiger partial charge in [0, 0.05) is 11.9 Å². The zero-order valence-corrected chi connectivity index (χ0v) is 16.5. The first-order valence-corrected chi connectivity index (χ1v) is 10.5. The molecule has 2 aromatic heterocycles. The third-order valence-electron chi connectivity index (χ3n) is 4.80. The smallest absolute Gasteiger partial charge is 0.156 e. The molecule has 0 amide bonds. The van der Waals surface area contributed by atoms with Gasteiger partial charge in [0.15, 0.2) is 5.78 Å². The molecular weight excluding hydrogens is 362 g/mol. The van der Waals surface area contributed by atoms with Crippen LogP contribution < -0.4 is 5.32 Å². The summed E-state index contributed by atoms with van der Waals surface area (Å²) in [5.74, 6) is 0.654. The summed E-state index contributed by atoms with van der Waals surface area (Å²) in [5, 5.41) is 7.37. The second-order valence-electron chi connectivity index (χ2n) is 6.72. The van der Waals surface area contributed by atoms with Crippen molar-refractivity contribution in [3.8, 4) is 10.6 Å². The van der Waals surface area contributed by atoms with Crippen molar-refractivity contribution in [2.75, 3.05) is 6.54 Å². The average molecular weight is 384 g/mol. The summed E-state index contributed by atoms with van der Waals surface area (Å²) < 4.78 is 0. The van der Waals surface area contributed by atoms with Gasteiger partial charge in [-0.1, -0.05) is 30.3 Å². The SMILES string of the molecule is Cc1nc(C)c(-c2csc(CC(=O)[C@@H]3C[C@H](c4ccccc4)CN3)n2)s1. The minimum absolute atomic E-state index is 0.0695. The van der Waals surface area contributed by atoms with E-state index in [0.29, 0.717) is 12.3 Å². The normalized spacial score (nSPS) is 19.8. The number of aromatic nitrogens is 2. The van der Waals surface area contributed by atoms with Gasteiger partial charge in [-0.2, -0.15) is 0 Å². The molecule has 1 saturated heterocycles. The first kappa shape index (κ1) is 17.5. The quantitative estimate of drug-likeness (QED) is 0.719. The van der Waals surface area contributed by atoms with E-state index in [1.165, 1.54) is 5.56 Å². The molecule has 1 fully saturated rings. The molecule has 0 unspecified atom stereocenters. The Kier molecular flexibility index (Phi) is 4.98. The molecule has 0 radical (unpaired) electrons. The molecular formula is C20H21N3OS2. The van der Waals surface area contributed by atoms with Gasteiger partial charge in [-0.25, -0.2) is 9.97 Å². The lowest BCUT2D eigenvalue weighted by atomic mass is 9.95. The highest BCUT2D eigenvalue weighted by Crippen LogP contribution is 2.31. The van der Waals surface area contributed by atoms with Gasteiger partial charge in [-0.05, 0) is 31.7 Å². The molecule has 4 nitrogen and oxygen atoms in total. The van der Waals surface area contributed by atoms with Crippen LogP contribution in [0.25, 0.3) is 10.6 Å². The molecule has 4 rings (SSSR count). The largest absolute Gasteiger partial charge is 0.307 e. The van der Waals surface area contributed by atoms with Crippen molar-refractivity contribution >= 4 is 28.5 Å². The molecule has 0 aliphatic carbocycles. The zero-order valence-electron chi connectivity index (χ0n) is 14.9. The van der Waals surface area contributed by atoms with Crippen LogP contribution in [0.15, 0.2) is 35.7 Å². The number of carbonyl (C=O) groups excluding carboxylic acids is 1. The Bertz CT molecular complexity index is 916. The van der Waals surface area contributed by atoms with Crippen LogP contribution in [0.5, 0.6) is 0 Å². The predicted octanol–water partition coefficient (Wildman–Crippen LogP) is 4.14. The van der Waals surface area contributed by atoms with Gasteiger partial charge in [-0.15, -0.1) is 22.7 Å². The highest BCUT2D eigenvalue weighted by atomic mass is 32.1. The standard InChI is InChI=1S/C20H21N3OS2/c1-12-20(26-13(2)22-12)17-11-25-19(23-17)9-18(24)16-8-15(10-21-16)14-6-4-3-5-7-14/h3-7,11,15-16,21H,8-10H2,1-2H3/t15-,16-/m0/s1. The molecule has 1 aliphatic heterocycles. The van der Waals surface area contributed by atoms with Crippen LogP contribution in [0.1, 0.15) is 33.6 Å². The fraction of sp³-hybridized carbons (Fsp3) is 0.350. The molecule has 134 valence electrons. The minimum Gasteiger partial charge on any atom is -0.307 e. The Morgan fingerprint density at radius 1 is 1.23 bits per heavy atom. The molecule has 2 atom stereocenters. The number of ketones is 1. The molecule has 26 heavy (non-hydrogen) atoms. The number of aryl methyl sites for hydroxylation is 2. The molecule has 0 spiro atoms. The van der Waals surface area contributed by atoms with Crippen LogP contribution in [-0.2, 0) is 11.2 Å². The summed E-state index contributed by atoms with van der Waals surface area (Å²) in [7, 11) is 0. The molecule has 6 heteroatoms. The Balaban J connectivity index is 1.41. The van der Waals surface area contributed by atoms with E-state index in [0.717, 1.165) is 39.2 Å². The number of nitrogens with zero attached hydrogens (tertiary/aromatic N) is 2. The van der Waals surface area contributed by atoms with Crippen LogP contribution >= 0.6 is 22.7 Å². The maximum Gasteiger partial charge on any atom is 0.156 e. The van der Waals surface area contributed by atoms with E-state index < -0.39 is 0 Å². The lowest BCUT2D eigenvalue weighted by Crippen LogP contribution is -2.31. The third-order valence-corrected chi connectivity index (χ3v) is 6.75. The highest BCUT2D eigenvalue weighted by molar-refractivity contribution is 7.16. The number of nitrogens with one attached hydrogen (secondary N) is 1. The number of benzene rings is 1. The Hall–Kier alpha value is -1.89. The maximum atomic E-state index is 12.7. The van der Waals surface area contributed by atoms with E-state index in [4.69, 9.17) is 0 Å². The van der Waals surface area contributed by atoms with Gasteiger partial charge in [0.1, 0.15) is 5.01 Å². The predicted molar refractivity (Wildman–Crippen MR) is 107 cm³/mol. The number of rotatable bonds is 5. The number of Topliss-reactive ketones (excluding diaryl/α,β-unsaturated/α-hetero) is 1. The van der Waals surface area contributed by atoms with Crippen molar-refractivity contribution in [3.05, 3.63) is 57.0 Å². The highest BCUT2D eigenvalue weighted by Gasteiger charge is 2.30. The fourth-order valence-corrected chi connectivity index (χ4v) is 5.25. The number of hydrogen-bond donors (Lipinski definition) is 1. The van der Waals surface area contributed by atoms with E-state index in [9.17, 15) is 4.79 Å². The van der Waals surface area contributed by atoms with Crippen molar-refractivity contribution in [2.24, 2.45) is 0 Å². The molecule has 1 aliphatic rings. The maximum absolute atomic E-state index is 12.7. The van der Waals surface area contributed by atoms with Crippen molar-refractivity contribution in [1.82, 2.24) is 15.3 Å². The molecule has 1 aromatic carbocycles. The summed E-state index contributed by atoms with van der Waals surface area (Å²) in [5.41, 5.74) is 3.27. The van der Waals surface area contributed by atoms with Crippen molar-refractivity contribution in [3.63, 3.8) is 0 Å².